The normalized spacial score (nSPS) is 21.7. The number of nitrogens with one attached hydrogen (secondary N) is 1. The van der Waals surface area contributed by atoms with Gasteiger partial charge >= 0.3 is 0 Å². The average molecular weight is 211 g/mol. The maximum atomic E-state index is 4.33. The fraction of sp³-hybridized carbons (Fsp3) is 0.700. The van der Waals surface area contributed by atoms with Crippen LogP contribution in [0.25, 0.3) is 0 Å². The smallest absolute Gasteiger partial charge is 0.0939 e. The van der Waals surface area contributed by atoms with Crippen LogP contribution in [0.2, 0.25) is 0 Å². The summed E-state index contributed by atoms with van der Waals surface area (Å²) in [5, 5.41) is 9.11. The molecule has 0 bridgehead atoms. The molecule has 14 heavy (non-hydrogen) atoms. The molecule has 3 nitrogen and oxygen atoms in total. The van der Waals surface area contributed by atoms with Crippen LogP contribution in [-0.4, -0.2) is 28.1 Å². The van der Waals surface area contributed by atoms with Crippen LogP contribution < -0.4 is 5.32 Å². The van der Waals surface area contributed by atoms with Gasteiger partial charge in [-0.2, -0.15) is 5.10 Å². The van der Waals surface area contributed by atoms with E-state index in [0.717, 1.165) is 5.69 Å². The maximum absolute atomic E-state index is 4.33. The SMILES string of the molecule is Cc1cc(SC[C@H]2CCCN2)n(C)n1. The molecule has 2 rings (SSSR count). The van der Waals surface area contributed by atoms with Crippen LogP contribution in [0.5, 0.6) is 0 Å². The first-order chi connectivity index (χ1) is 6.75. The Morgan fingerprint density at radius 1 is 1.71 bits per heavy atom. The fourth-order valence-electron chi connectivity index (χ4n) is 1.81. The van der Waals surface area contributed by atoms with Crippen molar-refractivity contribution in [1.82, 2.24) is 15.1 Å². The number of aryl methyl sites for hydroxylation is 2. The number of thioether (sulfide) groups is 1. The molecule has 1 fully saturated rings. The molecule has 1 aromatic heterocycles. The fourth-order valence-corrected chi connectivity index (χ4v) is 2.94. The molecule has 0 aliphatic carbocycles. The molecule has 1 aliphatic heterocycles. The third kappa shape index (κ3) is 2.30. The van der Waals surface area contributed by atoms with Gasteiger partial charge in [0, 0.05) is 18.8 Å². The second-order valence-corrected chi connectivity index (χ2v) is 4.89. The lowest BCUT2D eigenvalue weighted by molar-refractivity contribution is 0.666. The lowest BCUT2D eigenvalue weighted by atomic mass is 10.3. The predicted molar refractivity (Wildman–Crippen MR) is 59.7 cm³/mol. The van der Waals surface area contributed by atoms with E-state index in [1.54, 1.807) is 0 Å². The van der Waals surface area contributed by atoms with Crippen molar-refractivity contribution in [3.05, 3.63) is 11.8 Å². The molecular weight excluding hydrogens is 194 g/mol. The third-order valence-electron chi connectivity index (χ3n) is 2.55. The Bertz CT molecular complexity index is 302. The highest BCUT2D eigenvalue weighted by Crippen LogP contribution is 2.21. The first-order valence-corrected chi connectivity index (χ1v) is 6.11. The topological polar surface area (TPSA) is 29.9 Å². The summed E-state index contributed by atoms with van der Waals surface area (Å²) >= 11 is 1.90. The van der Waals surface area contributed by atoms with Crippen LogP contribution in [0.1, 0.15) is 18.5 Å². The van der Waals surface area contributed by atoms with Gasteiger partial charge in [-0.3, -0.25) is 4.68 Å². The molecule has 1 saturated heterocycles. The van der Waals surface area contributed by atoms with Crippen molar-refractivity contribution < 1.29 is 0 Å². The molecule has 0 unspecified atom stereocenters. The monoisotopic (exact) mass is 211 g/mol. The Balaban J connectivity index is 1.87. The van der Waals surface area contributed by atoms with Gasteiger partial charge in [0.15, 0.2) is 0 Å². The molecule has 0 saturated carbocycles. The van der Waals surface area contributed by atoms with E-state index in [9.17, 15) is 0 Å². The molecule has 0 aromatic carbocycles. The van der Waals surface area contributed by atoms with Crippen molar-refractivity contribution in [2.24, 2.45) is 7.05 Å². The van der Waals surface area contributed by atoms with E-state index in [4.69, 9.17) is 0 Å². The molecule has 1 aromatic rings. The van der Waals surface area contributed by atoms with E-state index in [1.165, 1.54) is 30.2 Å². The lowest BCUT2D eigenvalue weighted by Gasteiger charge is -2.08. The van der Waals surface area contributed by atoms with Crippen LogP contribution in [0, 0.1) is 6.92 Å². The van der Waals surface area contributed by atoms with Crippen molar-refractivity contribution in [3.8, 4) is 0 Å². The summed E-state index contributed by atoms with van der Waals surface area (Å²) in [5.41, 5.74) is 1.11. The molecule has 78 valence electrons. The highest BCUT2D eigenvalue weighted by molar-refractivity contribution is 7.99. The minimum absolute atomic E-state index is 0.704. The first kappa shape index (κ1) is 10.1. The van der Waals surface area contributed by atoms with Crippen LogP contribution in [0.15, 0.2) is 11.1 Å². The predicted octanol–water partition coefficient (Wildman–Crippen LogP) is 1.57. The zero-order valence-corrected chi connectivity index (χ0v) is 9.60. The van der Waals surface area contributed by atoms with Gasteiger partial charge in [0.2, 0.25) is 0 Å². The molecule has 0 spiro atoms. The van der Waals surface area contributed by atoms with Gasteiger partial charge in [0.05, 0.1) is 10.7 Å². The zero-order valence-electron chi connectivity index (χ0n) is 8.79. The number of hydrogen-bond acceptors (Lipinski definition) is 3. The molecule has 1 N–H and O–H groups in total. The second-order valence-electron chi connectivity index (χ2n) is 3.85. The van der Waals surface area contributed by atoms with Gasteiger partial charge in [-0.25, -0.2) is 0 Å². The van der Waals surface area contributed by atoms with Gasteiger partial charge < -0.3 is 5.32 Å². The lowest BCUT2D eigenvalue weighted by Crippen LogP contribution is -2.23. The number of hydrogen-bond donors (Lipinski definition) is 1. The Morgan fingerprint density at radius 2 is 2.57 bits per heavy atom. The summed E-state index contributed by atoms with van der Waals surface area (Å²) in [6.45, 7) is 3.23. The van der Waals surface area contributed by atoms with Crippen LogP contribution >= 0.6 is 11.8 Å². The van der Waals surface area contributed by atoms with Gasteiger partial charge in [0.25, 0.3) is 0 Å². The molecule has 0 amide bonds. The molecule has 1 atom stereocenters. The Hall–Kier alpha value is -0.480. The van der Waals surface area contributed by atoms with Gasteiger partial charge in [-0.1, -0.05) is 0 Å². The summed E-state index contributed by atoms with van der Waals surface area (Å²) in [5.74, 6) is 1.17. The summed E-state index contributed by atoms with van der Waals surface area (Å²) < 4.78 is 1.97. The van der Waals surface area contributed by atoms with E-state index >= 15 is 0 Å². The minimum atomic E-state index is 0.704. The summed E-state index contributed by atoms with van der Waals surface area (Å²) in [4.78, 5) is 0. The van der Waals surface area contributed by atoms with Gasteiger partial charge in [-0.15, -0.1) is 11.8 Å². The second kappa shape index (κ2) is 4.36. The van der Waals surface area contributed by atoms with E-state index in [0.29, 0.717) is 6.04 Å². The van der Waals surface area contributed by atoms with Crippen molar-refractivity contribution in [3.63, 3.8) is 0 Å². The molecule has 4 heteroatoms. The average Bonchev–Trinajstić information content (AvgIpc) is 2.72. The van der Waals surface area contributed by atoms with E-state index in [2.05, 4.69) is 16.5 Å². The van der Waals surface area contributed by atoms with Crippen molar-refractivity contribution in [2.45, 2.75) is 30.8 Å². The Kier molecular flexibility index (Phi) is 3.13. The molecular formula is C10H17N3S. The first-order valence-electron chi connectivity index (χ1n) is 5.12. The Labute approximate surface area is 89.3 Å². The quantitative estimate of drug-likeness (QED) is 0.770. The summed E-state index contributed by atoms with van der Waals surface area (Å²) in [6, 6.07) is 2.86. The Morgan fingerprint density at radius 3 is 3.14 bits per heavy atom. The van der Waals surface area contributed by atoms with Crippen molar-refractivity contribution in [1.29, 1.82) is 0 Å². The van der Waals surface area contributed by atoms with Gasteiger partial charge in [-0.05, 0) is 32.4 Å². The molecule has 1 aliphatic rings. The minimum Gasteiger partial charge on any atom is -0.313 e. The van der Waals surface area contributed by atoms with Gasteiger partial charge in [0.1, 0.15) is 0 Å². The van der Waals surface area contributed by atoms with Crippen LogP contribution in [0.4, 0.5) is 0 Å². The summed E-state index contributed by atoms with van der Waals surface area (Å²) in [6.07, 6.45) is 2.65. The highest BCUT2D eigenvalue weighted by atomic mass is 32.2. The highest BCUT2D eigenvalue weighted by Gasteiger charge is 2.14. The molecule has 0 radical (unpaired) electrons. The standard InChI is InChI=1S/C10H17N3S/c1-8-6-10(13(2)12-8)14-7-9-4-3-5-11-9/h6,9,11H,3-5,7H2,1-2H3/t9-/m1/s1. The van der Waals surface area contributed by atoms with Crippen molar-refractivity contribution >= 4 is 11.8 Å². The van der Waals surface area contributed by atoms with Crippen molar-refractivity contribution in [2.75, 3.05) is 12.3 Å². The summed E-state index contributed by atoms with van der Waals surface area (Å²) in [7, 11) is 2.01. The van der Waals surface area contributed by atoms with E-state index < -0.39 is 0 Å². The zero-order chi connectivity index (χ0) is 9.97. The third-order valence-corrected chi connectivity index (χ3v) is 3.80. The number of rotatable bonds is 3. The molecule has 2 heterocycles. The maximum Gasteiger partial charge on any atom is 0.0939 e. The van der Waals surface area contributed by atoms with Crippen LogP contribution in [0.3, 0.4) is 0 Å². The largest absolute Gasteiger partial charge is 0.313 e. The number of aromatic nitrogens is 2. The number of nitrogens with zero attached hydrogens (tertiary/aromatic N) is 2. The van der Waals surface area contributed by atoms with Crippen LogP contribution in [-0.2, 0) is 7.05 Å². The van der Waals surface area contributed by atoms with E-state index in [-0.39, 0.29) is 0 Å². The van der Waals surface area contributed by atoms with E-state index in [1.807, 2.05) is 30.4 Å².